The molecule has 4 aromatic rings. The molecule has 2 aromatic heterocycles. The van der Waals surface area contributed by atoms with Crippen molar-refractivity contribution in [2.75, 3.05) is 11.9 Å². The van der Waals surface area contributed by atoms with Gasteiger partial charge in [0.2, 0.25) is 17.8 Å². The van der Waals surface area contributed by atoms with Crippen molar-refractivity contribution in [1.29, 1.82) is 0 Å². The standard InChI is InChI=1S/C28H31F2N7O3/c1-16(2)37-17(3)33-27-21(29)13-19(14-23(27)37)26-22(30)15-32-28(35-26)34-20-9-7-18(8-10-20)12-25(39)31-11-5-4-6-24(38)36-40/h7-10,13-16,40H,4-6,11-12H2,1-3H3,(H,31,39)(H,36,38)(H,32,34,35). The Morgan fingerprint density at radius 2 is 1.77 bits per heavy atom. The van der Waals surface area contributed by atoms with E-state index in [1.807, 2.05) is 18.4 Å². The minimum atomic E-state index is -0.686. The first kappa shape index (κ1) is 28.6. The SMILES string of the molecule is Cc1nc2c(F)cc(-c3nc(Nc4ccc(CC(=O)NCCCCC(=O)NO)cc4)ncc3F)cc2n1C(C)C. The summed E-state index contributed by atoms with van der Waals surface area (Å²) < 4.78 is 31.6. The highest BCUT2D eigenvalue weighted by atomic mass is 19.1. The number of halogens is 2. The molecule has 12 heteroatoms. The molecule has 0 saturated carbocycles. The molecule has 2 aromatic carbocycles. The molecule has 0 radical (unpaired) electrons. The number of nitrogens with zero attached hydrogens (tertiary/aromatic N) is 4. The van der Waals surface area contributed by atoms with Crippen LogP contribution in [0.15, 0.2) is 42.6 Å². The summed E-state index contributed by atoms with van der Waals surface area (Å²) in [6.07, 6.45) is 2.56. The fourth-order valence-electron chi connectivity index (χ4n) is 4.46. The number of fused-ring (bicyclic) bond motifs is 1. The van der Waals surface area contributed by atoms with Gasteiger partial charge in [0.15, 0.2) is 11.6 Å². The second kappa shape index (κ2) is 12.6. The quantitative estimate of drug-likeness (QED) is 0.120. The predicted molar refractivity (Wildman–Crippen MR) is 146 cm³/mol. The maximum absolute atomic E-state index is 14.9. The van der Waals surface area contributed by atoms with Crippen LogP contribution < -0.4 is 16.1 Å². The number of hydroxylamine groups is 1. The number of unbranched alkanes of at least 4 members (excludes halogenated alkanes) is 1. The van der Waals surface area contributed by atoms with Crippen molar-refractivity contribution in [3.8, 4) is 11.3 Å². The number of anilines is 2. The van der Waals surface area contributed by atoms with Crippen LogP contribution in [0.25, 0.3) is 22.3 Å². The minimum Gasteiger partial charge on any atom is -0.356 e. The third-order valence-electron chi connectivity index (χ3n) is 6.31. The molecule has 10 nitrogen and oxygen atoms in total. The Balaban J connectivity index is 1.42. The van der Waals surface area contributed by atoms with Crippen molar-refractivity contribution in [1.82, 2.24) is 30.3 Å². The number of hydrogen-bond donors (Lipinski definition) is 4. The molecule has 0 unspecified atom stereocenters. The average Bonchev–Trinajstić information content (AvgIpc) is 3.27. The van der Waals surface area contributed by atoms with Gasteiger partial charge in [-0.05, 0) is 63.4 Å². The van der Waals surface area contributed by atoms with Crippen LogP contribution in [0.1, 0.15) is 50.5 Å². The molecule has 0 aliphatic rings. The highest BCUT2D eigenvalue weighted by Gasteiger charge is 2.18. The van der Waals surface area contributed by atoms with Gasteiger partial charge in [-0.15, -0.1) is 0 Å². The zero-order valence-corrected chi connectivity index (χ0v) is 22.5. The monoisotopic (exact) mass is 551 g/mol. The van der Waals surface area contributed by atoms with E-state index >= 15 is 0 Å². The molecular formula is C28H31F2N7O3. The van der Waals surface area contributed by atoms with Gasteiger partial charge in [-0.3, -0.25) is 14.8 Å². The van der Waals surface area contributed by atoms with Gasteiger partial charge in [0.05, 0.1) is 18.1 Å². The highest BCUT2D eigenvalue weighted by Crippen LogP contribution is 2.30. The van der Waals surface area contributed by atoms with E-state index in [2.05, 4.69) is 25.6 Å². The minimum absolute atomic E-state index is 0.0354. The van der Waals surface area contributed by atoms with Crippen molar-refractivity contribution in [2.45, 2.75) is 52.5 Å². The Hall–Kier alpha value is -4.45. The van der Waals surface area contributed by atoms with Crippen LogP contribution >= 0.6 is 0 Å². The number of hydrogen-bond acceptors (Lipinski definition) is 7. The van der Waals surface area contributed by atoms with E-state index in [4.69, 9.17) is 5.21 Å². The van der Waals surface area contributed by atoms with Gasteiger partial charge < -0.3 is 15.2 Å². The Morgan fingerprint density at radius 3 is 2.48 bits per heavy atom. The molecule has 0 saturated heterocycles. The molecule has 0 aliphatic heterocycles. The summed E-state index contributed by atoms with van der Waals surface area (Å²) in [6, 6.07) is 9.98. The number of amides is 2. The Morgan fingerprint density at radius 1 is 1.02 bits per heavy atom. The first-order chi connectivity index (χ1) is 19.2. The van der Waals surface area contributed by atoms with Crippen molar-refractivity contribution < 1.29 is 23.6 Å². The van der Waals surface area contributed by atoms with Gasteiger partial charge in [0.25, 0.3) is 0 Å². The maximum atomic E-state index is 14.9. The lowest BCUT2D eigenvalue weighted by atomic mass is 10.1. The molecule has 0 atom stereocenters. The van der Waals surface area contributed by atoms with Crippen molar-refractivity contribution >= 4 is 34.5 Å². The van der Waals surface area contributed by atoms with Crippen LogP contribution in [0.3, 0.4) is 0 Å². The molecule has 0 bridgehead atoms. The lowest BCUT2D eigenvalue weighted by Gasteiger charge is -2.12. The summed E-state index contributed by atoms with van der Waals surface area (Å²) >= 11 is 0. The first-order valence-electron chi connectivity index (χ1n) is 12.9. The van der Waals surface area contributed by atoms with Crippen molar-refractivity contribution in [2.24, 2.45) is 0 Å². The van der Waals surface area contributed by atoms with E-state index in [9.17, 15) is 18.4 Å². The Bertz CT molecular complexity index is 1520. The largest absolute Gasteiger partial charge is 0.356 e. The van der Waals surface area contributed by atoms with Crippen molar-refractivity contribution in [3.05, 3.63) is 65.6 Å². The van der Waals surface area contributed by atoms with E-state index in [1.165, 1.54) is 6.07 Å². The van der Waals surface area contributed by atoms with Crippen LogP contribution in [0.2, 0.25) is 0 Å². The zero-order chi connectivity index (χ0) is 28.8. The number of imidazole rings is 1. The van der Waals surface area contributed by atoms with Crippen molar-refractivity contribution in [3.63, 3.8) is 0 Å². The normalized spacial score (nSPS) is 11.2. The zero-order valence-electron chi connectivity index (χ0n) is 22.5. The van der Waals surface area contributed by atoms with Crippen LogP contribution in [0.5, 0.6) is 0 Å². The molecule has 0 spiro atoms. The fourth-order valence-corrected chi connectivity index (χ4v) is 4.46. The van der Waals surface area contributed by atoms with E-state index < -0.39 is 17.5 Å². The summed E-state index contributed by atoms with van der Waals surface area (Å²) in [7, 11) is 0. The third kappa shape index (κ3) is 6.75. The Kier molecular flexibility index (Phi) is 9.00. The van der Waals surface area contributed by atoms with E-state index in [1.54, 1.807) is 42.7 Å². The third-order valence-corrected chi connectivity index (χ3v) is 6.31. The Labute approximate surface area is 229 Å². The lowest BCUT2D eigenvalue weighted by molar-refractivity contribution is -0.129. The fraction of sp³-hybridized carbons (Fsp3) is 0.321. The molecule has 4 rings (SSSR count). The predicted octanol–water partition coefficient (Wildman–Crippen LogP) is 4.74. The number of aromatic nitrogens is 4. The number of aryl methyl sites for hydroxylation is 1. The van der Waals surface area contributed by atoms with Crippen LogP contribution in [-0.2, 0) is 16.0 Å². The number of nitrogens with one attached hydrogen (secondary N) is 3. The second-order valence-corrected chi connectivity index (χ2v) is 9.68. The molecule has 40 heavy (non-hydrogen) atoms. The maximum Gasteiger partial charge on any atom is 0.243 e. The summed E-state index contributed by atoms with van der Waals surface area (Å²) in [4.78, 5) is 35.8. The van der Waals surface area contributed by atoms with Gasteiger partial charge in [-0.2, -0.15) is 0 Å². The number of carbonyl (C=O) groups is 2. The second-order valence-electron chi connectivity index (χ2n) is 9.68. The van der Waals surface area contributed by atoms with Crippen LogP contribution in [0.4, 0.5) is 20.4 Å². The van der Waals surface area contributed by atoms with Gasteiger partial charge in [-0.1, -0.05) is 12.1 Å². The molecule has 2 heterocycles. The summed E-state index contributed by atoms with van der Waals surface area (Å²) in [6.45, 7) is 6.16. The van der Waals surface area contributed by atoms with E-state index in [0.717, 1.165) is 11.8 Å². The molecule has 0 aliphatic carbocycles. The lowest BCUT2D eigenvalue weighted by Crippen LogP contribution is -2.26. The highest BCUT2D eigenvalue weighted by molar-refractivity contribution is 5.83. The van der Waals surface area contributed by atoms with E-state index in [0.29, 0.717) is 36.4 Å². The van der Waals surface area contributed by atoms with Gasteiger partial charge in [-0.25, -0.2) is 29.2 Å². The average molecular weight is 552 g/mol. The number of benzene rings is 2. The molecule has 2 amide bonds. The molecule has 210 valence electrons. The molecule has 0 fully saturated rings. The van der Waals surface area contributed by atoms with E-state index in [-0.39, 0.29) is 47.5 Å². The van der Waals surface area contributed by atoms with Crippen LogP contribution in [0, 0.1) is 18.6 Å². The summed E-state index contributed by atoms with van der Waals surface area (Å²) in [5, 5.41) is 14.3. The summed E-state index contributed by atoms with van der Waals surface area (Å²) in [5.74, 6) is -1.06. The molecule has 4 N–H and O–H groups in total. The topological polar surface area (TPSA) is 134 Å². The smallest absolute Gasteiger partial charge is 0.243 e. The first-order valence-corrected chi connectivity index (χ1v) is 12.9. The molecular weight excluding hydrogens is 520 g/mol. The van der Waals surface area contributed by atoms with Crippen LogP contribution in [-0.4, -0.2) is 43.1 Å². The summed E-state index contributed by atoms with van der Waals surface area (Å²) in [5.41, 5.74) is 3.99. The van der Waals surface area contributed by atoms with Gasteiger partial charge in [0, 0.05) is 30.3 Å². The van der Waals surface area contributed by atoms with Gasteiger partial charge in [0.1, 0.15) is 17.0 Å². The number of rotatable bonds is 11. The number of carbonyl (C=O) groups excluding carboxylic acids is 2. The van der Waals surface area contributed by atoms with Gasteiger partial charge >= 0.3 is 0 Å².